The first-order valence-corrected chi connectivity index (χ1v) is 30.2. The molecule has 0 radical (unpaired) electrons. The van der Waals surface area contributed by atoms with Crippen molar-refractivity contribution in [2.45, 2.75) is 93.6 Å². The highest BCUT2D eigenvalue weighted by Gasteiger charge is 2.49. The summed E-state index contributed by atoms with van der Waals surface area (Å²) in [7, 11) is 4.56. The van der Waals surface area contributed by atoms with E-state index < -0.39 is 54.4 Å². The smallest absolute Gasteiger partial charge is 0.491 e. The number of esters is 2. The van der Waals surface area contributed by atoms with Gasteiger partial charge in [-0.1, -0.05) is 111 Å². The fourth-order valence-corrected chi connectivity index (χ4v) is 7.14. The van der Waals surface area contributed by atoms with Gasteiger partial charge in [-0.3, -0.25) is 62.0 Å². The average Bonchev–Trinajstić information content (AvgIpc) is 1.66. The number of aryl methyl sites for hydroxylation is 1. The molecule has 1 aliphatic heterocycles. The van der Waals surface area contributed by atoms with E-state index in [0.29, 0.717) is 60.7 Å². The molecule has 610 valence electrons. The molecule has 0 aromatic carbocycles. The minimum atomic E-state index is -5.62. The van der Waals surface area contributed by atoms with Gasteiger partial charge in [0, 0.05) is 91.0 Å². The Morgan fingerprint density at radius 1 is 0.533 bits per heavy atom. The molecule has 0 unspecified atom stereocenters. The second-order valence-corrected chi connectivity index (χ2v) is 21.5. The molecule has 0 spiro atoms. The van der Waals surface area contributed by atoms with Crippen molar-refractivity contribution in [1.82, 2.24) is 84.2 Å². The highest BCUT2D eigenvalue weighted by atomic mass is 79.9. The normalized spacial score (nSPS) is 10.8. The number of nitrogens with zero attached hydrogens (tertiary/aromatic N) is 15. The summed E-state index contributed by atoms with van der Waals surface area (Å²) in [5.74, 6) is 1.97. The second kappa shape index (κ2) is 57.5. The van der Waals surface area contributed by atoms with Gasteiger partial charge >= 0.3 is 48.5 Å². The first kappa shape index (κ1) is 116. The van der Waals surface area contributed by atoms with Gasteiger partial charge in [0.05, 0.1) is 34.2 Å². The summed E-state index contributed by atoms with van der Waals surface area (Å²) in [6.07, 6.45) is -7.52. The van der Waals surface area contributed by atoms with Crippen molar-refractivity contribution >= 4 is 204 Å². The summed E-state index contributed by atoms with van der Waals surface area (Å²) in [5.41, 5.74) is 15.3. The number of methoxy groups -OCH3 is 3. The summed E-state index contributed by atoms with van der Waals surface area (Å²) in [6, 6.07) is 0. The van der Waals surface area contributed by atoms with Crippen LogP contribution in [0.1, 0.15) is 62.4 Å². The average molecular weight is 1960 g/mol. The van der Waals surface area contributed by atoms with Crippen LogP contribution < -0.4 is 50.4 Å². The molecule has 8 heterocycles. The first-order valence-electron chi connectivity index (χ1n) is 24.5. The maximum atomic E-state index is 11.8. The number of fused-ring (bicyclic) bond motifs is 1. The van der Waals surface area contributed by atoms with Crippen molar-refractivity contribution in [2.24, 2.45) is 23.3 Å². The molecule has 57 heteroatoms. The van der Waals surface area contributed by atoms with Gasteiger partial charge in [-0.15, -0.1) is 10.2 Å². The van der Waals surface area contributed by atoms with E-state index in [1.165, 1.54) is 75.6 Å². The van der Waals surface area contributed by atoms with E-state index in [0.717, 1.165) is 9.75 Å². The molecule has 34 nitrogen and oxygen atoms in total. The van der Waals surface area contributed by atoms with Crippen LogP contribution in [0, 0.1) is 21.8 Å². The van der Waals surface area contributed by atoms with Crippen LogP contribution in [0.4, 0.5) is 70.1 Å². The zero-order chi connectivity index (χ0) is 78.4. The van der Waals surface area contributed by atoms with Gasteiger partial charge in [0.1, 0.15) is 19.6 Å². The fourth-order valence-electron chi connectivity index (χ4n) is 4.39. The second-order valence-electron chi connectivity index (χ2n) is 15.8. The molecule has 0 atom stereocenters. The Hall–Kier alpha value is -6.60. The van der Waals surface area contributed by atoms with E-state index in [1.54, 1.807) is 23.7 Å². The Morgan fingerprint density at radius 3 is 1.17 bits per heavy atom. The number of hydrogen-bond donors (Lipinski definition) is 9. The SMILES string of the molecule is C.C.C.C.COC(C)(OC)OC.Cc1nnc2c(Cl)nc(Br)cn12.Clc1nccnc1Cl.NCc1nccnc1Cl.NN.NNc1ncc(Br)nc1Cl.O=C(NNc1ncc(Br)nc1Cl)C(F)(F)F.O=C(NNc1nccnc1Cl)C(F)(F)F.O=C(OC(=O)C(F)(F)F)C(F)(F)F.O=C1CCC(=O)N1Br.[CH3-].[CH3-].[H-]. The van der Waals surface area contributed by atoms with E-state index in [1.807, 2.05) is 17.8 Å². The van der Waals surface area contributed by atoms with Crippen LogP contribution in [0.25, 0.3) is 5.65 Å². The van der Waals surface area contributed by atoms with Crippen LogP contribution in [0.3, 0.4) is 0 Å². The van der Waals surface area contributed by atoms with Crippen molar-refractivity contribution in [3.8, 4) is 0 Å². The maximum Gasteiger partial charge on any atom is 0.491 e. The Labute approximate surface area is 671 Å². The third-order valence-corrected chi connectivity index (χ3v) is 13.0. The Kier molecular flexibility index (Phi) is 62.4. The molecule has 0 bridgehead atoms. The molecule has 0 aliphatic carbocycles. The van der Waals surface area contributed by atoms with Crippen LogP contribution in [0.2, 0.25) is 36.1 Å². The monoisotopic (exact) mass is 1950 g/mol. The summed E-state index contributed by atoms with van der Waals surface area (Å²) in [4.78, 5) is 102. The molecule has 107 heavy (non-hydrogen) atoms. The number of rotatable bonds is 9. The van der Waals surface area contributed by atoms with Gasteiger partial charge in [0.15, 0.2) is 59.2 Å². The number of nitrogens with one attached hydrogen (secondary N) is 5. The number of halogens is 23. The first-order chi connectivity index (χ1) is 46.7. The summed E-state index contributed by atoms with van der Waals surface area (Å²) >= 11 is 50.8. The minimum Gasteiger partial charge on any atom is -1.00 e. The van der Waals surface area contributed by atoms with Crippen molar-refractivity contribution in [3.05, 3.63) is 132 Å². The Balaban J connectivity index is -0.000000146. The number of hydrazine groups is 4. The summed E-state index contributed by atoms with van der Waals surface area (Å²) < 4.78 is 159. The molecule has 8 rings (SSSR count). The highest BCUT2D eigenvalue weighted by Crippen LogP contribution is 2.24. The topological polar surface area (TPSA) is 479 Å². The number of ether oxygens (including phenoxy) is 4. The van der Waals surface area contributed by atoms with Gasteiger partial charge < -0.3 is 46.4 Å². The quantitative estimate of drug-likeness (QED) is 0.00746. The number of nitrogen functional groups attached to an aromatic ring is 1. The predicted octanol–water partition coefficient (Wildman–Crippen LogP) is 13.0. The van der Waals surface area contributed by atoms with Crippen LogP contribution in [-0.4, -0.2) is 161 Å². The molecule has 13 N–H and O–H groups in total. The van der Waals surface area contributed by atoms with Gasteiger partial charge in [-0.05, 0) is 54.7 Å². The molecule has 0 saturated carbocycles. The molecule has 1 aliphatic rings. The third-order valence-electron chi connectivity index (χ3n) is 9.07. The van der Waals surface area contributed by atoms with Crippen LogP contribution in [0.15, 0.2) is 69.6 Å². The number of alkyl halides is 12. The van der Waals surface area contributed by atoms with Gasteiger partial charge in [0.25, 0.3) is 5.97 Å². The van der Waals surface area contributed by atoms with Crippen LogP contribution in [0.5, 0.6) is 0 Å². The molecule has 1 saturated heterocycles. The number of carbonyl (C=O) groups excluding carboxylic acids is 6. The highest BCUT2D eigenvalue weighted by molar-refractivity contribution is 9.11. The van der Waals surface area contributed by atoms with E-state index in [4.69, 9.17) is 107 Å². The van der Waals surface area contributed by atoms with Crippen LogP contribution >= 0.6 is 145 Å². The molecule has 7 aromatic heterocycles. The van der Waals surface area contributed by atoms with E-state index >= 15 is 0 Å². The number of nitrogens with two attached hydrogens (primary N) is 4. The van der Waals surface area contributed by atoms with E-state index in [9.17, 15) is 81.5 Å². The summed E-state index contributed by atoms with van der Waals surface area (Å²) in [5, 5.41) is 8.86. The van der Waals surface area contributed by atoms with E-state index in [-0.39, 0.29) is 95.2 Å². The summed E-state index contributed by atoms with van der Waals surface area (Å²) in [6.45, 7) is 3.88. The molecular formula is C50H66Br4Cl7F12N24O10-3. The lowest BCUT2D eigenvalue weighted by atomic mass is 10.4. The molecule has 7 aromatic rings. The van der Waals surface area contributed by atoms with Gasteiger partial charge in [-0.25, -0.2) is 69.2 Å². The van der Waals surface area contributed by atoms with Crippen molar-refractivity contribution in [2.75, 3.05) is 37.6 Å². The van der Waals surface area contributed by atoms with Crippen LogP contribution in [-0.2, 0) is 54.3 Å². The number of amides is 4. The Bertz CT molecular complexity index is 3730. The lowest BCUT2D eigenvalue weighted by molar-refractivity contribution is -0.340. The van der Waals surface area contributed by atoms with Crippen molar-refractivity contribution < 1.29 is 102 Å². The lowest BCUT2D eigenvalue weighted by Crippen LogP contribution is -2.40. The zero-order valence-electron chi connectivity index (χ0n) is 53.1. The zero-order valence-corrected chi connectivity index (χ0v) is 63.7. The van der Waals surface area contributed by atoms with E-state index in [2.05, 4.69) is 151 Å². The number of carbonyl (C=O) groups is 6. The fraction of sp³-hybridized carbons (Fsp3) is 0.340. The van der Waals surface area contributed by atoms with Gasteiger partial charge in [0.2, 0.25) is 11.8 Å². The van der Waals surface area contributed by atoms with Gasteiger partial charge in [-0.2, -0.15) is 52.7 Å². The number of aromatic nitrogens is 14. The molecule has 1 fully saturated rings. The largest absolute Gasteiger partial charge is 1.00 e. The van der Waals surface area contributed by atoms with Crippen molar-refractivity contribution in [3.63, 3.8) is 0 Å². The standard InChI is InChI=1S/C6H3BrClF3N4O.C6H4BrClN4.C6H4ClF3N4O.C5H6ClN3.C5H12O3.C4H4BrClN4.C4H4BrNO2.C4H2Cl2N2.C4F6O3.4CH4.2CH3.H4N2.H/c7-2-1-12-4(3(8)13-2)14-15-5(16)6(9,10)11;1-3-10-11-6-5(8)9-4(7)2-12(3)6;7-3-4(12-2-1-11-3)13-14-5(15)6(8,9)10;6-5-4(3-7)8-1-2-9-5;1-5(6-2,7-3)8-4;5-2-1-8-4(10-7)3(6)9-2;5-6-3(7)1-2-4(6)8;5-3-4(6)8-2-1-7-3;5-3(6,7)1(11)13-2(12)4(8,9)10;;;;;;;1-2;/h1H,(H,12,14)(H,15,16);2H,1H3;1-2H,(H,12,13)(H,14,15);1-2H,3,7H2;1-4H3;1H,7H2,(H,8,10);1-2H2;1-2H;;4*1H4;2*1H3;1-2H2;/q;;;;;;;;;;;;;2*-1;;-1. The lowest BCUT2D eigenvalue weighted by Gasteiger charge is -2.23. The molecule has 4 amide bonds. The number of hydrogen-bond acceptors (Lipinski definition) is 30. The third kappa shape index (κ3) is 47.2. The molecular weight excluding hydrogens is 1890 g/mol. The Morgan fingerprint density at radius 2 is 0.879 bits per heavy atom. The number of anilines is 3. The van der Waals surface area contributed by atoms with Crippen molar-refractivity contribution in [1.29, 1.82) is 0 Å². The number of imide groups is 1. The predicted molar refractivity (Wildman–Crippen MR) is 387 cm³/mol. The maximum absolute atomic E-state index is 11.8. The minimum absolute atomic E-state index is 0.